The molecule has 0 spiro atoms. The summed E-state index contributed by atoms with van der Waals surface area (Å²) in [6.45, 7) is 6.94. The molecule has 1 amide bonds. The van der Waals surface area contributed by atoms with E-state index in [0.29, 0.717) is 76.6 Å². The Morgan fingerprint density at radius 2 is 1.42 bits per heavy atom. The molecule has 86 heavy (non-hydrogen) atoms. The van der Waals surface area contributed by atoms with Gasteiger partial charge in [0.1, 0.15) is 34.7 Å². The lowest BCUT2D eigenvalue weighted by Gasteiger charge is -2.59. The fraction of sp³-hybridized carbons (Fsp3) is 0.562. The minimum atomic E-state index is -1.86. The van der Waals surface area contributed by atoms with Crippen LogP contribution in [0.15, 0.2) is 57.9 Å². The first-order valence-electron chi connectivity index (χ1n) is 30.3. The Morgan fingerprint density at radius 1 is 0.791 bits per heavy atom. The number of esters is 2. The van der Waals surface area contributed by atoms with E-state index in [2.05, 4.69) is 12.2 Å². The molecule has 20 nitrogen and oxygen atoms in total. The number of ketones is 2. The minimum Gasteiger partial charge on any atom is -0.492 e. The lowest BCUT2D eigenvalue weighted by molar-refractivity contribution is -0.174. The van der Waals surface area contributed by atoms with Gasteiger partial charge in [0.05, 0.1) is 54.6 Å². The summed E-state index contributed by atoms with van der Waals surface area (Å²) in [5.74, 6) is -4.45. The van der Waals surface area contributed by atoms with E-state index in [4.69, 9.17) is 23.7 Å². The number of methoxy groups -OCH3 is 2. The number of piperazine rings is 1. The highest BCUT2D eigenvalue weighted by molar-refractivity contribution is 6.02. The van der Waals surface area contributed by atoms with Crippen molar-refractivity contribution in [2.75, 3.05) is 76.7 Å². The van der Waals surface area contributed by atoms with Gasteiger partial charge in [-0.15, -0.1) is 0 Å². The van der Waals surface area contributed by atoms with E-state index < -0.39 is 88.3 Å². The number of carbonyl (C=O) groups is 5. The van der Waals surface area contributed by atoms with Crippen LogP contribution in [0.1, 0.15) is 124 Å². The van der Waals surface area contributed by atoms with Crippen LogP contribution < -0.4 is 35.4 Å². The summed E-state index contributed by atoms with van der Waals surface area (Å²) < 4.78 is 64.8. The molecule has 5 heterocycles. The Morgan fingerprint density at radius 3 is 2.03 bits per heavy atom. The second kappa shape index (κ2) is 21.6. The molecular formula is C64H73F2N6O14. The molecule has 6 unspecified atom stereocenters. The van der Waals surface area contributed by atoms with Crippen molar-refractivity contribution >= 4 is 62.8 Å². The smallest absolute Gasteiger partial charge is 0.412 e. The van der Waals surface area contributed by atoms with E-state index in [0.717, 1.165) is 37.0 Å². The Hall–Kier alpha value is -7.17. The highest BCUT2D eigenvalue weighted by Gasteiger charge is 2.68. The second-order valence-electron chi connectivity index (χ2n) is 25.9. The van der Waals surface area contributed by atoms with Crippen molar-refractivity contribution < 1.29 is 66.7 Å². The van der Waals surface area contributed by atoms with E-state index in [1.54, 1.807) is 26.2 Å². The Kier molecular flexibility index (Phi) is 14.5. The molecule has 8 fully saturated rings. The van der Waals surface area contributed by atoms with E-state index in [1.807, 2.05) is 24.8 Å². The van der Waals surface area contributed by atoms with E-state index in [9.17, 15) is 43.8 Å². The number of allylic oxidation sites excluding steroid dienone is 4. The Labute approximate surface area is 495 Å². The quantitative estimate of drug-likeness (QED) is 0.0862. The summed E-state index contributed by atoms with van der Waals surface area (Å²) in [6, 6.07) is 1.60. The summed E-state index contributed by atoms with van der Waals surface area (Å²) in [5, 5.41) is 27.3. The van der Waals surface area contributed by atoms with Gasteiger partial charge in [0.25, 0.3) is 0 Å². The number of benzene rings is 2. The summed E-state index contributed by atoms with van der Waals surface area (Å²) in [5.41, 5.74) is -3.72. The second-order valence-corrected chi connectivity index (χ2v) is 25.9. The van der Waals surface area contributed by atoms with Gasteiger partial charge in [0.15, 0.2) is 34.7 Å². The van der Waals surface area contributed by atoms with Crippen LogP contribution in [-0.2, 0) is 23.8 Å². The number of ether oxygens (including phenoxy) is 5. The standard InChI is InChI=1S/C64H73F2N6O14/c1-33-27-68(21-19-67-33)53-45(65)24-40-51(57(53)82-4)72(37-11-12-37)30-43(56(40)77)60(79)85-32-86-61(80)70-20-6-7-34-28-69(31-47(34)70)54-46(66)25-41-52(58(54)83-5)71(36-9-10-36)29-42(55(41)76)59(78)84-22-16-49(75)64(81)18-15-44-39-13-8-35-23-38(73)14-17-62(35,2)50(39)48(74)26-63(44,64)3/h14,16-17,23-25,29-30,33-34,36-37,39,44,47-48,50,67,74,81H,6-13,15,18-22,26-28,31-32H2,1-5H3/t33?,34?,39?,44?,47?,48-,50?,62-,63-,64-/m0/s1. The highest BCUT2D eigenvalue weighted by Crippen LogP contribution is 2.67. The topological polar surface area (TPSA) is 238 Å². The molecule has 3 saturated heterocycles. The van der Waals surface area contributed by atoms with Crippen molar-refractivity contribution in [1.29, 1.82) is 0 Å². The number of rotatable bonds is 14. The number of amides is 1. The molecular weight excluding hydrogens is 1110 g/mol. The van der Waals surface area contributed by atoms with Crippen LogP contribution in [0.25, 0.3) is 21.8 Å². The maximum atomic E-state index is 16.9. The number of halogens is 2. The fourth-order valence-corrected chi connectivity index (χ4v) is 16.6. The molecule has 3 N–H and O–H groups in total. The number of aliphatic hydroxyl groups is 2. The SMILES string of the molecule is COc1c(N2CCNC(C)C2)c(F)cc2c(=O)c(C(=O)OCOC(=O)N3CCCC4CN(c5c(F)cc6c(=O)c(C(=O)OC[CH]C(=O)[C@@]7(O)CCC8C9CCC%10=CC(=O)C=C[C@]%10(C)C9[C@@H](O)C[C@@]87C)cn(C7CC7)c6c5OC)CC43)cn(C3CC3)c12. The molecule has 4 aromatic rings. The zero-order chi connectivity index (χ0) is 60.5. The van der Waals surface area contributed by atoms with Crippen LogP contribution in [0.2, 0.25) is 0 Å². The van der Waals surface area contributed by atoms with Gasteiger partial charge in [0, 0.05) is 86.5 Å². The Bertz CT molecular complexity index is 3720. The van der Waals surface area contributed by atoms with Gasteiger partial charge in [-0.1, -0.05) is 25.5 Å². The first-order valence-corrected chi connectivity index (χ1v) is 30.3. The van der Waals surface area contributed by atoms with Gasteiger partial charge in [-0.3, -0.25) is 19.2 Å². The third kappa shape index (κ3) is 9.31. The number of carbonyl (C=O) groups excluding carboxylic acids is 5. The summed E-state index contributed by atoms with van der Waals surface area (Å²) in [4.78, 5) is 101. The number of hydrogen-bond donors (Lipinski definition) is 3. The van der Waals surface area contributed by atoms with Gasteiger partial charge in [-0.05, 0) is 120 Å². The molecule has 6 aliphatic carbocycles. The zero-order valence-corrected chi connectivity index (χ0v) is 49.0. The number of aliphatic hydroxyl groups excluding tert-OH is 1. The van der Waals surface area contributed by atoms with E-state index in [-0.39, 0.29) is 124 Å². The monoisotopic (exact) mass is 1190 g/mol. The zero-order valence-electron chi connectivity index (χ0n) is 49.0. The minimum absolute atomic E-state index is 0.0113. The fourth-order valence-electron chi connectivity index (χ4n) is 16.6. The number of likely N-dealkylation sites (tertiary alicyclic amines) is 1. The van der Waals surface area contributed by atoms with E-state index >= 15 is 8.78 Å². The number of nitrogens with one attached hydrogen (secondary N) is 1. The highest BCUT2D eigenvalue weighted by atomic mass is 19.1. The van der Waals surface area contributed by atoms with Gasteiger partial charge >= 0.3 is 18.0 Å². The van der Waals surface area contributed by atoms with Crippen LogP contribution in [0.4, 0.5) is 25.0 Å². The number of pyridine rings is 2. The molecule has 457 valence electrons. The molecule has 2 aromatic heterocycles. The largest absolute Gasteiger partial charge is 0.492 e. The molecule has 1 radical (unpaired) electrons. The van der Waals surface area contributed by atoms with Gasteiger partial charge in [0.2, 0.25) is 17.7 Å². The van der Waals surface area contributed by atoms with Crippen LogP contribution in [0.3, 0.4) is 0 Å². The van der Waals surface area contributed by atoms with Crippen molar-refractivity contribution in [1.82, 2.24) is 19.4 Å². The van der Waals surface area contributed by atoms with Crippen molar-refractivity contribution in [3.8, 4) is 11.5 Å². The van der Waals surface area contributed by atoms with Crippen molar-refractivity contribution in [2.24, 2.45) is 34.5 Å². The number of anilines is 2. The predicted octanol–water partition coefficient (Wildman–Crippen LogP) is 6.87. The molecule has 3 aliphatic heterocycles. The number of nitrogens with zero attached hydrogens (tertiary/aromatic N) is 5. The first-order chi connectivity index (χ1) is 41.2. The molecule has 5 saturated carbocycles. The average molecular weight is 1190 g/mol. The lowest BCUT2D eigenvalue weighted by Crippen LogP contribution is -2.61. The number of Topliss-reactive ketones (excluding diaryl/α,β-unsaturated/α-hetero) is 1. The number of piperidine rings is 1. The lowest BCUT2D eigenvalue weighted by atomic mass is 9.46. The molecule has 10 atom stereocenters. The maximum Gasteiger partial charge on any atom is 0.412 e. The van der Waals surface area contributed by atoms with Crippen LogP contribution >= 0.6 is 0 Å². The van der Waals surface area contributed by atoms with E-state index in [1.165, 1.54) is 31.5 Å². The third-order valence-electron chi connectivity index (χ3n) is 21.1. The van der Waals surface area contributed by atoms with Gasteiger partial charge in [-0.25, -0.2) is 23.2 Å². The van der Waals surface area contributed by atoms with Crippen molar-refractivity contribution in [3.63, 3.8) is 0 Å². The molecule has 2 aromatic carbocycles. The number of aromatic nitrogens is 2. The number of fused-ring (bicyclic) bond motifs is 8. The van der Waals surface area contributed by atoms with Gasteiger partial charge in [-0.2, -0.15) is 0 Å². The Balaban J connectivity index is 0.679. The maximum absolute atomic E-state index is 16.9. The average Bonchev–Trinajstić information content (AvgIpc) is 2.06. The van der Waals surface area contributed by atoms with Crippen molar-refractivity contribution in [2.45, 2.75) is 127 Å². The normalized spacial score (nSPS) is 30.3. The summed E-state index contributed by atoms with van der Waals surface area (Å²) in [6.07, 6.45) is 13.9. The number of hydrogen-bond acceptors (Lipinski definition) is 17. The summed E-state index contributed by atoms with van der Waals surface area (Å²) >= 11 is 0. The molecule has 9 aliphatic rings. The van der Waals surface area contributed by atoms with Crippen LogP contribution in [-0.4, -0.2) is 145 Å². The molecule has 22 heteroatoms. The van der Waals surface area contributed by atoms with Crippen LogP contribution in [0, 0.1) is 52.6 Å². The summed E-state index contributed by atoms with van der Waals surface area (Å²) in [7, 11) is 2.80. The first kappa shape index (κ1) is 57.9. The molecule has 13 rings (SSSR count). The molecule has 0 bridgehead atoms. The van der Waals surface area contributed by atoms with Crippen LogP contribution in [0.5, 0.6) is 11.5 Å². The van der Waals surface area contributed by atoms with Gasteiger partial charge < -0.3 is 63.0 Å². The third-order valence-corrected chi connectivity index (χ3v) is 21.1. The predicted molar refractivity (Wildman–Crippen MR) is 310 cm³/mol. The van der Waals surface area contributed by atoms with Crippen molar-refractivity contribution in [3.05, 3.63) is 98.0 Å².